The van der Waals surface area contributed by atoms with Gasteiger partial charge in [0.05, 0.1) is 4.90 Å². The highest BCUT2D eigenvalue weighted by Crippen LogP contribution is 2.37. The molecular formula is C19H16OS. The summed E-state index contributed by atoms with van der Waals surface area (Å²) >= 11 is 1.71. The standard InChI is InChI=1S/C19H16OS/c1-15-9-5-6-12-17(15)20-18-13-7-8-14-19(18)21-16-10-3-2-4-11-16/h2-14H,1H3. The van der Waals surface area contributed by atoms with Crippen molar-refractivity contribution >= 4 is 11.8 Å². The van der Waals surface area contributed by atoms with Crippen LogP contribution < -0.4 is 4.74 Å². The highest BCUT2D eigenvalue weighted by atomic mass is 32.2. The molecule has 0 fully saturated rings. The molecule has 2 heteroatoms. The molecule has 0 unspecified atom stereocenters. The lowest BCUT2D eigenvalue weighted by molar-refractivity contribution is 0.467. The molecule has 104 valence electrons. The van der Waals surface area contributed by atoms with Crippen molar-refractivity contribution in [1.82, 2.24) is 0 Å². The van der Waals surface area contributed by atoms with Gasteiger partial charge in [-0.15, -0.1) is 0 Å². The third-order valence-corrected chi connectivity index (χ3v) is 4.20. The van der Waals surface area contributed by atoms with Crippen LogP contribution in [0.3, 0.4) is 0 Å². The maximum Gasteiger partial charge on any atom is 0.141 e. The van der Waals surface area contributed by atoms with E-state index in [1.165, 1.54) is 4.90 Å². The molecule has 0 aromatic heterocycles. The van der Waals surface area contributed by atoms with E-state index in [2.05, 4.69) is 31.2 Å². The van der Waals surface area contributed by atoms with Crippen molar-refractivity contribution < 1.29 is 4.74 Å². The van der Waals surface area contributed by atoms with Gasteiger partial charge in [-0.1, -0.05) is 60.3 Å². The second kappa shape index (κ2) is 6.51. The molecule has 0 amide bonds. The molecule has 0 saturated carbocycles. The first-order valence-electron chi connectivity index (χ1n) is 6.88. The van der Waals surface area contributed by atoms with Crippen LogP contribution in [0.2, 0.25) is 0 Å². The Morgan fingerprint density at radius 2 is 1.29 bits per heavy atom. The maximum atomic E-state index is 6.09. The number of hydrogen-bond acceptors (Lipinski definition) is 2. The fraction of sp³-hybridized carbons (Fsp3) is 0.0526. The van der Waals surface area contributed by atoms with Gasteiger partial charge in [0.2, 0.25) is 0 Å². The minimum Gasteiger partial charge on any atom is -0.456 e. The first-order valence-corrected chi connectivity index (χ1v) is 7.70. The third kappa shape index (κ3) is 3.47. The molecule has 3 aromatic rings. The number of para-hydroxylation sites is 2. The average Bonchev–Trinajstić information content (AvgIpc) is 2.52. The Hall–Kier alpha value is -2.19. The van der Waals surface area contributed by atoms with Crippen LogP contribution in [0.5, 0.6) is 11.5 Å². The van der Waals surface area contributed by atoms with Crippen LogP contribution in [-0.4, -0.2) is 0 Å². The molecule has 0 aliphatic heterocycles. The molecule has 0 bridgehead atoms. The normalized spacial score (nSPS) is 10.3. The van der Waals surface area contributed by atoms with Crippen molar-refractivity contribution in [3.63, 3.8) is 0 Å². The molecule has 21 heavy (non-hydrogen) atoms. The van der Waals surface area contributed by atoms with Crippen molar-refractivity contribution in [2.45, 2.75) is 16.7 Å². The van der Waals surface area contributed by atoms with Gasteiger partial charge in [0.15, 0.2) is 0 Å². The van der Waals surface area contributed by atoms with Crippen molar-refractivity contribution in [3.05, 3.63) is 84.4 Å². The van der Waals surface area contributed by atoms with Crippen LogP contribution in [0.4, 0.5) is 0 Å². The first-order chi connectivity index (χ1) is 10.3. The second-order valence-corrected chi connectivity index (χ2v) is 5.84. The molecule has 1 nitrogen and oxygen atoms in total. The predicted molar refractivity (Wildman–Crippen MR) is 88.3 cm³/mol. The van der Waals surface area contributed by atoms with E-state index in [0.29, 0.717) is 0 Å². The highest BCUT2D eigenvalue weighted by molar-refractivity contribution is 7.99. The van der Waals surface area contributed by atoms with E-state index < -0.39 is 0 Å². The summed E-state index contributed by atoms with van der Waals surface area (Å²) in [6.45, 7) is 2.06. The summed E-state index contributed by atoms with van der Waals surface area (Å²) in [6.07, 6.45) is 0. The number of rotatable bonds is 4. The molecular weight excluding hydrogens is 276 g/mol. The first kappa shape index (κ1) is 13.8. The monoisotopic (exact) mass is 292 g/mol. The van der Waals surface area contributed by atoms with Gasteiger partial charge in [-0.2, -0.15) is 0 Å². The minimum atomic E-state index is 0.889. The summed E-state index contributed by atoms with van der Waals surface area (Å²) in [4.78, 5) is 2.32. The van der Waals surface area contributed by atoms with E-state index in [9.17, 15) is 0 Å². The molecule has 0 aliphatic carbocycles. The summed E-state index contributed by atoms with van der Waals surface area (Å²) in [5.74, 6) is 1.79. The smallest absolute Gasteiger partial charge is 0.141 e. The van der Waals surface area contributed by atoms with Crippen LogP contribution in [0, 0.1) is 6.92 Å². The Labute approximate surface area is 129 Å². The summed E-state index contributed by atoms with van der Waals surface area (Å²) in [5, 5.41) is 0. The zero-order chi connectivity index (χ0) is 14.5. The van der Waals surface area contributed by atoms with Gasteiger partial charge in [0.1, 0.15) is 11.5 Å². The van der Waals surface area contributed by atoms with Gasteiger partial charge in [0, 0.05) is 4.90 Å². The molecule has 3 rings (SSSR count). The van der Waals surface area contributed by atoms with Gasteiger partial charge in [-0.3, -0.25) is 0 Å². The lowest BCUT2D eigenvalue weighted by Crippen LogP contribution is -1.89. The van der Waals surface area contributed by atoms with E-state index in [4.69, 9.17) is 4.74 Å². The largest absolute Gasteiger partial charge is 0.456 e. The number of ether oxygens (including phenoxy) is 1. The Kier molecular flexibility index (Phi) is 4.27. The Balaban J connectivity index is 1.88. The third-order valence-electron chi connectivity index (χ3n) is 3.13. The van der Waals surface area contributed by atoms with Gasteiger partial charge in [0.25, 0.3) is 0 Å². The van der Waals surface area contributed by atoms with Crippen LogP contribution in [0.15, 0.2) is 88.7 Å². The van der Waals surface area contributed by atoms with Crippen LogP contribution in [0.25, 0.3) is 0 Å². The Bertz CT molecular complexity index is 722. The predicted octanol–water partition coefficient (Wildman–Crippen LogP) is 5.94. The van der Waals surface area contributed by atoms with E-state index >= 15 is 0 Å². The summed E-state index contributed by atoms with van der Waals surface area (Å²) in [5.41, 5.74) is 1.14. The molecule has 0 radical (unpaired) electrons. The van der Waals surface area contributed by atoms with E-state index in [-0.39, 0.29) is 0 Å². The van der Waals surface area contributed by atoms with E-state index in [0.717, 1.165) is 22.0 Å². The number of benzene rings is 3. The molecule has 0 saturated heterocycles. The lowest BCUT2D eigenvalue weighted by atomic mass is 10.2. The molecule has 0 spiro atoms. The van der Waals surface area contributed by atoms with Crippen molar-refractivity contribution in [2.24, 2.45) is 0 Å². The van der Waals surface area contributed by atoms with Crippen molar-refractivity contribution in [3.8, 4) is 11.5 Å². The van der Waals surface area contributed by atoms with Crippen LogP contribution in [-0.2, 0) is 0 Å². The van der Waals surface area contributed by atoms with Crippen LogP contribution in [0.1, 0.15) is 5.56 Å². The zero-order valence-corrected chi connectivity index (χ0v) is 12.6. The van der Waals surface area contributed by atoms with Gasteiger partial charge in [-0.25, -0.2) is 0 Å². The van der Waals surface area contributed by atoms with Crippen molar-refractivity contribution in [1.29, 1.82) is 0 Å². The minimum absolute atomic E-state index is 0.889. The topological polar surface area (TPSA) is 9.23 Å². The molecule has 0 N–H and O–H groups in total. The van der Waals surface area contributed by atoms with Gasteiger partial charge in [-0.05, 0) is 42.8 Å². The van der Waals surface area contributed by atoms with E-state index in [1.54, 1.807) is 11.8 Å². The fourth-order valence-corrected chi connectivity index (χ4v) is 2.93. The average molecular weight is 292 g/mol. The van der Waals surface area contributed by atoms with Crippen LogP contribution >= 0.6 is 11.8 Å². The molecule has 3 aromatic carbocycles. The van der Waals surface area contributed by atoms with Gasteiger partial charge >= 0.3 is 0 Å². The Morgan fingerprint density at radius 3 is 2.05 bits per heavy atom. The molecule has 0 atom stereocenters. The highest BCUT2D eigenvalue weighted by Gasteiger charge is 2.07. The molecule has 0 heterocycles. The SMILES string of the molecule is Cc1ccccc1Oc1ccccc1Sc1ccccc1. The maximum absolute atomic E-state index is 6.09. The fourth-order valence-electron chi connectivity index (χ4n) is 2.02. The summed E-state index contributed by atoms with van der Waals surface area (Å²) in [7, 11) is 0. The van der Waals surface area contributed by atoms with E-state index in [1.807, 2.05) is 54.6 Å². The van der Waals surface area contributed by atoms with Crippen molar-refractivity contribution in [2.75, 3.05) is 0 Å². The number of aryl methyl sites for hydroxylation is 1. The van der Waals surface area contributed by atoms with Gasteiger partial charge < -0.3 is 4.74 Å². The summed E-state index contributed by atoms with van der Waals surface area (Å²) < 4.78 is 6.09. The second-order valence-electron chi connectivity index (χ2n) is 4.73. The summed E-state index contributed by atoms with van der Waals surface area (Å²) in [6, 6.07) is 26.6. The quantitative estimate of drug-likeness (QED) is 0.588. The molecule has 0 aliphatic rings. The Morgan fingerprint density at radius 1 is 0.667 bits per heavy atom. The zero-order valence-electron chi connectivity index (χ0n) is 11.8. The lowest BCUT2D eigenvalue weighted by Gasteiger charge is -2.12. The number of hydrogen-bond donors (Lipinski definition) is 0.